The van der Waals surface area contributed by atoms with Gasteiger partial charge in [-0.25, -0.2) is 0 Å². The summed E-state index contributed by atoms with van der Waals surface area (Å²) in [6, 6.07) is 0. The maximum atomic E-state index is 11.2. The Kier molecular flexibility index (Phi) is 10.2. The molecule has 0 aliphatic carbocycles. The third-order valence-electron chi connectivity index (χ3n) is 2.26. The van der Waals surface area contributed by atoms with Crippen molar-refractivity contribution in [2.45, 2.75) is 58.3 Å². The van der Waals surface area contributed by atoms with Gasteiger partial charge in [-0.1, -0.05) is 46.0 Å². The van der Waals surface area contributed by atoms with Crippen LogP contribution in [-0.4, -0.2) is 12.5 Å². The van der Waals surface area contributed by atoms with Gasteiger partial charge in [0.15, 0.2) is 0 Å². The van der Waals surface area contributed by atoms with E-state index in [-0.39, 0.29) is 5.91 Å². The summed E-state index contributed by atoms with van der Waals surface area (Å²) in [5.74, 6) is 0.213. The second-order valence-corrected chi connectivity index (χ2v) is 3.72. The summed E-state index contributed by atoms with van der Waals surface area (Å²) in [4.78, 5) is 11.2. The molecule has 0 fully saturated rings. The van der Waals surface area contributed by atoms with E-state index in [4.69, 9.17) is 0 Å². The van der Waals surface area contributed by atoms with Crippen molar-refractivity contribution in [2.75, 3.05) is 6.54 Å². The lowest BCUT2D eigenvalue weighted by atomic mass is 10.1. The van der Waals surface area contributed by atoms with Crippen molar-refractivity contribution in [1.29, 1.82) is 0 Å². The standard InChI is InChI=1S/C12H24NO/c1-3-5-7-8-10-12(14)13-11-9-6-4-2/h1,3-11H2,2H3,(H,13,14). The molecule has 14 heavy (non-hydrogen) atoms. The first kappa shape index (κ1) is 13.5. The molecule has 1 radical (unpaired) electrons. The molecule has 0 aromatic rings. The Morgan fingerprint density at radius 1 is 1.14 bits per heavy atom. The lowest BCUT2D eigenvalue weighted by molar-refractivity contribution is -0.121. The zero-order valence-corrected chi connectivity index (χ0v) is 9.48. The molecule has 0 spiro atoms. The molecule has 0 bridgehead atoms. The normalized spacial score (nSPS) is 10.1. The zero-order chi connectivity index (χ0) is 10.6. The minimum absolute atomic E-state index is 0.213. The van der Waals surface area contributed by atoms with Crippen molar-refractivity contribution < 1.29 is 4.79 Å². The molecule has 0 aromatic carbocycles. The van der Waals surface area contributed by atoms with E-state index in [1.807, 2.05) is 0 Å². The van der Waals surface area contributed by atoms with E-state index in [2.05, 4.69) is 19.2 Å². The molecule has 0 aliphatic heterocycles. The van der Waals surface area contributed by atoms with Crippen LogP contribution in [0.15, 0.2) is 0 Å². The van der Waals surface area contributed by atoms with Gasteiger partial charge in [-0.15, -0.1) is 0 Å². The third-order valence-corrected chi connectivity index (χ3v) is 2.26. The Morgan fingerprint density at radius 3 is 2.57 bits per heavy atom. The van der Waals surface area contributed by atoms with Crippen LogP contribution in [0.25, 0.3) is 0 Å². The van der Waals surface area contributed by atoms with E-state index in [0.29, 0.717) is 6.42 Å². The summed E-state index contributed by atoms with van der Waals surface area (Å²) in [6.07, 6.45) is 8.48. The molecule has 0 aliphatic rings. The zero-order valence-electron chi connectivity index (χ0n) is 9.48. The van der Waals surface area contributed by atoms with Gasteiger partial charge < -0.3 is 5.32 Å². The predicted molar refractivity (Wildman–Crippen MR) is 61.0 cm³/mol. The SMILES string of the molecule is [CH2]CCCCCC(=O)NCCCCC. The fourth-order valence-electron chi connectivity index (χ4n) is 1.33. The highest BCUT2D eigenvalue weighted by Crippen LogP contribution is 2.01. The Balaban J connectivity index is 3.11. The molecule has 0 saturated heterocycles. The second kappa shape index (κ2) is 10.6. The van der Waals surface area contributed by atoms with Crippen molar-refractivity contribution in [3.05, 3.63) is 6.92 Å². The topological polar surface area (TPSA) is 29.1 Å². The first-order valence-corrected chi connectivity index (χ1v) is 5.87. The first-order valence-electron chi connectivity index (χ1n) is 5.87. The fourth-order valence-corrected chi connectivity index (χ4v) is 1.33. The Morgan fingerprint density at radius 2 is 1.93 bits per heavy atom. The first-order chi connectivity index (χ1) is 6.81. The lowest BCUT2D eigenvalue weighted by Crippen LogP contribution is -2.23. The minimum atomic E-state index is 0.213. The smallest absolute Gasteiger partial charge is 0.219 e. The number of carbonyl (C=O) groups is 1. The van der Waals surface area contributed by atoms with E-state index in [0.717, 1.165) is 38.6 Å². The average Bonchev–Trinajstić information content (AvgIpc) is 2.19. The van der Waals surface area contributed by atoms with E-state index in [1.54, 1.807) is 0 Å². The van der Waals surface area contributed by atoms with E-state index in [9.17, 15) is 4.79 Å². The Labute approximate surface area is 88.5 Å². The molecular formula is C12H24NO. The van der Waals surface area contributed by atoms with Crippen LogP contribution < -0.4 is 5.32 Å². The van der Waals surface area contributed by atoms with Crippen LogP contribution in [0.2, 0.25) is 0 Å². The van der Waals surface area contributed by atoms with E-state index >= 15 is 0 Å². The molecule has 0 saturated carbocycles. The lowest BCUT2D eigenvalue weighted by Gasteiger charge is -2.03. The van der Waals surface area contributed by atoms with E-state index in [1.165, 1.54) is 12.8 Å². The predicted octanol–water partition coefficient (Wildman–Crippen LogP) is 3.08. The molecule has 0 aromatic heterocycles. The summed E-state index contributed by atoms with van der Waals surface area (Å²) in [5, 5.41) is 2.94. The van der Waals surface area contributed by atoms with Gasteiger partial charge in [0.25, 0.3) is 0 Å². The number of carbonyl (C=O) groups excluding carboxylic acids is 1. The summed E-state index contributed by atoms with van der Waals surface area (Å²) >= 11 is 0. The quantitative estimate of drug-likeness (QED) is 0.567. The monoisotopic (exact) mass is 198 g/mol. The number of nitrogens with one attached hydrogen (secondary N) is 1. The van der Waals surface area contributed by atoms with Gasteiger partial charge in [0.05, 0.1) is 0 Å². The molecule has 0 heterocycles. The van der Waals surface area contributed by atoms with Gasteiger partial charge in [0, 0.05) is 13.0 Å². The number of unbranched alkanes of at least 4 members (excludes halogenated alkanes) is 5. The van der Waals surface area contributed by atoms with Crippen molar-refractivity contribution >= 4 is 5.91 Å². The summed E-state index contributed by atoms with van der Waals surface area (Å²) in [6.45, 7) is 6.79. The molecule has 83 valence electrons. The summed E-state index contributed by atoms with van der Waals surface area (Å²) < 4.78 is 0. The highest BCUT2D eigenvalue weighted by molar-refractivity contribution is 5.75. The molecule has 1 N–H and O–H groups in total. The van der Waals surface area contributed by atoms with Crippen LogP contribution in [-0.2, 0) is 4.79 Å². The van der Waals surface area contributed by atoms with Gasteiger partial charge in [0.2, 0.25) is 5.91 Å². The molecular weight excluding hydrogens is 174 g/mol. The molecule has 1 amide bonds. The number of amides is 1. The van der Waals surface area contributed by atoms with Gasteiger partial charge in [0.1, 0.15) is 0 Å². The molecule has 2 nitrogen and oxygen atoms in total. The largest absolute Gasteiger partial charge is 0.356 e. The van der Waals surface area contributed by atoms with Crippen LogP contribution in [0.1, 0.15) is 58.3 Å². The maximum Gasteiger partial charge on any atom is 0.219 e. The van der Waals surface area contributed by atoms with Crippen molar-refractivity contribution in [2.24, 2.45) is 0 Å². The van der Waals surface area contributed by atoms with Crippen LogP contribution in [0.3, 0.4) is 0 Å². The Bertz CT molecular complexity index is 120. The molecule has 0 atom stereocenters. The van der Waals surface area contributed by atoms with Gasteiger partial charge in [-0.2, -0.15) is 0 Å². The second-order valence-electron chi connectivity index (χ2n) is 3.72. The molecule has 0 rings (SSSR count). The highest BCUT2D eigenvalue weighted by Gasteiger charge is 1.99. The number of hydrogen-bond donors (Lipinski definition) is 1. The van der Waals surface area contributed by atoms with Crippen LogP contribution in [0.4, 0.5) is 0 Å². The third kappa shape index (κ3) is 9.56. The highest BCUT2D eigenvalue weighted by atomic mass is 16.1. The van der Waals surface area contributed by atoms with Gasteiger partial charge in [-0.05, 0) is 12.8 Å². The summed E-state index contributed by atoms with van der Waals surface area (Å²) in [5.41, 5.74) is 0. The fraction of sp³-hybridized carbons (Fsp3) is 0.833. The van der Waals surface area contributed by atoms with E-state index < -0.39 is 0 Å². The Hall–Kier alpha value is -0.530. The van der Waals surface area contributed by atoms with Crippen LogP contribution in [0, 0.1) is 6.92 Å². The van der Waals surface area contributed by atoms with Crippen LogP contribution >= 0.6 is 0 Å². The summed E-state index contributed by atoms with van der Waals surface area (Å²) in [7, 11) is 0. The molecule has 2 heteroatoms. The van der Waals surface area contributed by atoms with Gasteiger partial charge >= 0.3 is 0 Å². The molecule has 0 unspecified atom stereocenters. The minimum Gasteiger partial charge on any atom is -0.356 e. The van der Waals surface area contributed by atoms with Crippen molar-refractivity contribution in [3.63, 3.8) is 0 Å². The van der Waals surface area contributed by atoms with Crippen molar-refractivity contribution in [1.82, 2.24) is 5.32 Å². The van der Waals surface area contributed by atoms with Gasteiger partial charge in [-0.3, -0.25) is 4.79 Å². The maximum absolute atomic E-state index is 11.2. The number of hydrogen-bond acceptors (Lipinski definition) is 1. The average molecular weight is 198 g/mol. The number of rotatable bonds is 9. The van der Waals surface area contributed by atoms with Crippen LogP contribution in [0.5, 0.6) is 0 Å². The van der Waals surface area contributed by atoms with Crippen molar-refractivity contribution in [3.8, 4) is 0 Å².